The van der Waals surface area contributed by atoms with Gasteiger partial charge in [0.25, 0.3) is 5.91 Å². The minimum Gasteiger partial charge on any atom is -0.319 e. The predicted molar refractivity (Wildman–Crippen MR) is 110 cm³/mol. The summed E-state index contributed by atoms with van der Waals surface area (Å²) < 4.78 is 27.9. The summed E-state index contributed by atoms with van der Waals surface area (Å²) in [5.41, 5.74) is -0.120. The lowest BCUT2D eigenvalue weighted by atomic mass is 10.2. The van der Waals surface area contributed by atoms with Crippen molar-refractivity contribution < 1.29 is 18.4 Å². The zero-order valence-corrected chi connectivity index (χ0v) is 16.4. The number of halogens is 2. The molecule has 0 bridgehead atoms. The molecule has 0 spiro atoms. The van der Waals surface area contributed by atoms with Crippen LogP contribution in [-0.4, -0.2) is 16.8 Å². The van der Waals surface area contributed by atoms with Crippen LogP contribution >= 0.6 is 11.3 Å². The molecule has 0 aliphatic rings. The maximum Gasteiger partial charge on any atom is 0.266 e. The standard InChI is InChI=1S/C21H14F2N4O2S/c1-13(28)27(19-9-5-3-7-17(19)23)21-25-15(12-30-21)10-14(11-24)20(29)26-18-8-4-2-6-16(18)22/h2-10,12H,1H3,(H,26,29)/b14-10+. The van der Waals surface area contributed by atoms with Crippen molar-refractivity contribution in [3.05, 3.63) is 76.8 Å². The zero-order chi connectivity index (χ0) is 21.7. The van der Waals surface area contributed by atoms with Gasteiger partial charge in [0.05, 0.1) is 17.1 Å². The molecule has 1 N–H and O–H groups in total. The van der Waals surface area contributed by atoms with Crippen LogP contribution in [0.15, 0.2) is 59.5 Å². The summed E-state index contributed by atoms with van der Waals surface area (Å²) in [6.07, 6.45) is 1.20. The Morgan fingerprint density at radius 3 is 2.43 bits per heavy atom. The van der Waals surface area contributed by atoms with E-state index in [0.29, 0.717) is 0 Å². The molecule has 2 amide bonds. The third kappa shape index (κ3) is 4.56. The molecule has 0 atom stereocenters. The molecule has 0 radical (unpaired) electrons. The van der Waals surface area contributed by atoms with Crippen molar-refractivity contribution in [2.24, 2.45) is 0 Å². The van der Waals surface area contributed by atoms with Gasteiger partial charge in [-0.05, 0) is 30.3 Å². The summed E-state index contributed by atoms with van der Waals surface area (Å²) in [7, 11) is 0. The third-order valence-electron chi connectivity index (χ3n) is 3.89. The average Bonchev–Trinajstić information content (AvgIpc) is 3.17. The second-order valence-corrected chi connectivity index (χ2v) is 6.80. The first-order chi connectivity index (χ1) is 14.4. The fraction of sp³-hybridized carbons (Fsp3) is 0.0476. The average molecular weight is 424 g/mol. The van der Waals surface area contributed by atoms with Gasteiger partial charge in [-0.25, -0.2) is 13.8 Å². The number of carbonyl (C=O) groups is 2. The lowest BCUT2D eigenvalue weighted by molar-refractivity contribution is -0.116. The summed E-state index contributed by atoms with van der Waals surface area (Å²) in [5, 5.41) is 13.3. The van der Waals surface area contributed by atoms with Crippen LogP contribution < -0.4 is 10.2 Å². The highest BCUT2D eigenvalue weighted by atomic mass is 32.1. The lowest BCUT2D eigenvalue weighted by Crippen LogP contribution is -2.23. The van der Waals surface area contributed by atoms with Crippen molar-refractivity contribution in [2.45, 2.75) is 6.92 Å². The van der Waals surface area contributed by atoms with Gasteiger partial charge < -0.3 is 5.32 Å². The van der Waals surface area contributed by atoms with E-state index in [4.69, 9.17) is 0 Å². The molecule has 1 aromatic heterocycles. The van der Waals surface area contributed by atoms with Crippen molar-refractivity contribution in [2.75, 3.05) is 10.2 Å². The maximum absolute atomic E-state index is 14.1. The summed E-state index contributed by atoms with van der Waals surface area (Å²) in [5.74, 6) is -2.50. The van der Waals surface area contributed by atoms with Crippen LogP contribution in [0.25, 0.3) is 6.08 Å². The maximum atomic E-state index is 14.1. The summed E-state index contributed by atoms with van der Waals surface area (Å²) in [6, 6.07) is 13.0. The number of benzene rings is 2. The first-order valence-electron chi connectivity index (χ1n) is 8.59. The highest BCUT2D eigenvalue weighted by molar-refractivity contribution is 7.14. The number of nitrogens with zero attached hydrogens (tertiary/aromatic N) is 3. The number of hydrogen-bond acceptors (Lipinski definition) is 5. The molecule has 3 aromatic rings. The molecule has 0 aliphatic carbocycles. The number of amides is 2. The van der Waals surface area contributed by atoms with Crippen LogP contribution in [-0.2, 0) is 9.59 Å². The topological polar surface area (TPSA) is 86.1 Å². The van der Waals surface area contributed by atoms with Gasteiger partial charge in [-0.15, -0.1) is 11.3 Å². The first-order valence-corrected chi connectivity index (χ1v) is 9.47. The number of nitriles is 1. The van der Waals surface area contributed by atoms with Gasteiger partial charge in [0.2, 0.25) is 5.91 Å². The molecule has 150 valence electrons. The number of aromatic nitrogens is 1. The summed E-state index contributed by atoms with van der Waals surface area (Å²) in [6.45, 7) is 1.27. The Labute approximate surface area is 174 Å². The van der Waals surface area contributed by atoms with Gasteiger partial charge >= 0.3 is 0 Å². The van der Waals surface area contributed by atoms with Crippen LogP contribution in [0.3, 0.4) is 0 Å². The molecule has 30 heavy (non-hydrogen) atoms. The zero-order valence-electron chi connectivity index (χ0n) is 15.6. The van der Waals surface area contributed by atoms with Crippen LogP contribution in [0.4, 0.5) is 25.3 Å². The minimum atomic E-state index is -0.810. The monoisotopic (exact) mass is 424 g/mol. The van der Waals surface area contributed by atoms with Crippen LogP contribution in [0.1, 0.15) is 12.6 Å². The number of carbonyl (C=O) groups excluding carboxylic acids is 2. The van der Waals surface area contributed by atoms with Crippen molar-refractivity contribution in [3.63, 3.8) is 0 Å². The van der Waals surface area contributed by atoms with Gasteiger partial charge in [0.15, 0.2) is 5.13 Å². The van der Waals surface area contributed by atoms with Crippen LogP contribution in [0.5, 0.6) is 0 Å². The fourth-order valence-corrected chi connectivity index (χ4v) is 3.37. The van der Waals surface area contributed by atoms with E-state index in [1.165, 1.54) is 54.8 Å². The SMILES string of the molecule is CC(=O)N(c1nc(/C=C(\C#N)C(=O)Nc2ccccc2F)cs1)c1ccccc1F. The number of rotatable bonds is 5. The van der Waals surface area contributed by atoms with Crippen molar-refractivity contribution in [1.29, 1.82) is 5.26 Å². The molecule has 0 unspecified atom stereocenters. The number of nitrogens with one attached hydrogen (secondary N) is 1. The number of anilines is 3. The van der Waals surface area contributed by atoms with Gasteiger partial charge in [-0.1, -0.05) is 24.3 Å². The van der Waals surface area contributed by atoms with E-state index in [9.17, 15) is 23.6 Å². The highest BCUT2D eigenvalue weighted by Gasteiger charge is 2.21. The van der Waals surface area contributed by atoms with Crippen LogP contribution in [0, 0.1) is 23.0 Å². The summed E-state index contributed by atoms with van der Waals surface area (Å²) in [4.78, 5) is 29.7. The fourth-order valence-electron chi connectivity index (χ4n) is 2.53. The van der Waals surface area contributed by atoms with Crippen molar-refractivity contribution in [1.82, 2.24) is 4.98 Å². The second-order valence-electron chi connectivity index (χ2n) is 5.96. The van der Waals surface area contributed by atoms with E-state index in [1.807, 2.05) is 0 Å². The molecule has 1 heterocycles. The Bertz CT molecular complexity index is 1180. The van der Waals surface area contributed by atoms with Gasteiger partial charge in [-0.2, -0.15) is 5.26 Å². The molecule has 9 heteroatoms. The Hall–Kier alpha value is -3.90. The largest absolute Gasteiger partial charge is 0.319 e. The smallest absolute Gasteiger partial charge is 0.266 e. The van der Waals surface area contributed by atoms with Crippen molar-refractivity contribution >= 4 is 45.7 Å². The van der Waals surface area contributed by atoms with E-state index in [1.54, 1.807) is 18.2 Å². The van der Waals surface area contributed by atoms with Gasteiger partial charge in [0.1, 0.15) is 23.3 Å². The Kier molecular flexibility index (Phi) is 6.29. The van der Waals surface area contributed by atoms with E-state index >= 15 is 0 Å². The van der Waals surface area contributed by atoms with E-state index in [0.717, 1.165) is 16.2 Å². The van der Waals surface area contributed by atoms with Crippen LogP contribution in [0.2, 0.25) is 0 Å². The van der Waals surface area contributed by atoms with Crippen molar-refractivity contribution in [3.8, 4) is 6.07 Å². The molecule has 0 fully saturated rings. The molecule has 0 saturated heterocycles. The molecular formula is C21H14F2N4O2S. The molecule has 3 rings (SSSR count). The van der Waals surface area contributed by atoms with E-state index in [-0.39, 0.29) is 27.8 Å². The number of thiazole rings is 1. The normalized spacial score (nSPS) is 10.9. The Morgan fingerprint density at radius 2 is 1.80 bits per heavy atom. The third-order valence-corrected chi connectivity index (χ3v) is 4.73. The molecule has 2 aromatic carbocycles. The van der Waals surface area contributed by atoms with E-state index in [2.05, 4.69) is 10.3 Å². The molecule has 0 saturated carbocycles. The quantitative estimate of drug-likeness (QED) is 0.477. The predicted octanol–water partition coefficient (Wildman–Crippen LogP) is 4.65. The number of para-hydroxylation sites is 2. The molecular weight excluding hydrogens is 410 g/mol. The van der Waals surface area contributed by atoms with Gasteiger partial charge in [-0.3, -0.25) is 14.5 Å². The highest BCUT2D eigenvalue weighted by Crippen LogP contribution is 2.31. The minimum absolute atomic E-state index is 0.0349. The summed E-state index contributed by atoms with van der Waals surface area (Å²) >= 11 is 1.04. The number of hydrogen-bond donors (Lipinski definition) is 1. The lowest BCUT2D eigenvalue weighted by Gasteiger charge is -2.18. The Morgan fingerprint density at radius 1 is 1.13 bits per heavy atom. The first kappa shape index (κ1) is 20.8. The molecule has 6 nitrogen and oxygen atoms in total. The molecule has 0 aliphatic heterocycles. The Balaban J connectivity index is 1.88. The van der Waals surface area contributed by atoms with E-state index < -0.39 is 23.4 Å². The second kappa shape index (κ2) is 9.07. The van der Waals surface area contributed by atoms with Gasteiger partial charge in [0, 0.05) is 12.3 Å².